The quantitative estimate of drug-likeness (QED) is 0.832. The molecule has 2 amide bonds. The lowest BCUT2D eigenvalue weighted by atomic mass is 9.60. The molecule has 4 rings (SSSR count). The van der Waals surface area contributed by atoms with E-state index in [1.807, 2.05) is 30.3 Å². The minimum Gasteiger partial charge on any atom is -0.394 e. The number of methoxy groups -OCH3 is 1. The van der Waals surface area contributed by atoms with Gasteiger partial charge in [0.1, 0.15) is 6.61 Å². The van der Waals surface area contributed by atoms with Crippen LogP contribution in [0.4, 0.5) is 0 Å². The van der Waals surface area contributed by atoms with Crippen LogP contribution >= 0.6 is 0 Å². The SMILES string of the molecule is COCC(=O)N1[C@H](CO)[C@@H](c2ccccc2)C12CN(C(=O)c1cccnc1)C2. The Labute approximate surface area is 163 Å². The molecule has 2 atom stereocenters. The number of aliphatic hydroxyl groups is 1. The number of benzene rings is 1. The number of rotatable bonds is 5. The molecule has 28 heavy (non-hydrogen) atoms. The number of nitrogens with zero attached hydrogens (tertiary/aromatic N) is 3. The summed E-state index contributed by atoms with van der Waals surface area (Å²) in [5.74, 6) is -0.295. The Bertz CT molecular complexity index is 852. The van der Waals surface area contributed by atoms with Crippen molar-refractivity contribution in [1.82, 2.24) is 14.8 Å². The van der Waals surface area contributed by atoms with Crippen molar-refractivity contribution >= 4 is 11.8 Å². The van der Waals surface area contributed by atoms with Crippen LogP contribution < -0.4 is 0 Å². The minimum atomic E-state index is -0.512. The van der Waals surface area contributed by atoms with Crippen molar-refractivity contribution in [3.8, 4) is 0 Å². The van der Waals surface area contributed by atoms with Gasteiger partial charge in [0, 0.05) is 38.5 Å². The topological polar surface area (TPSA) is 83.0 Å². The molecular formula is C21H23N3O4. The summed E-state index contributed by atoms with van der Waals surface area (Å²) in [5, 5.41) is 9.99. The van der Waals surface area contributed by atoms with Gasteiger partial charge in [-0.25, -0.2) is 0 Å². The number of hydrogen-bond acceptors (Lipinski definition) is 5. The minimum absolute atomic E-state index is 0.0301. The number of carbonyl (C=O) groups is 2. The Balaban J connectivity index is 1.62. The van der Waals surface area contributed by atoms with Crippen LogP contribution in [0.2, 0.25) is 0 Å². The molecule has 0 bridgehead atoms. The Morgan fingerprint density at radius 3 is 2.57 bits per heavy atom. The van der Waals surface area contributed by atoms with E-state index in [2.05, 4.69) is 4.98 Å². The number of amides is 2. The van der Waals surface area contributed by atoms with Gasteiger partial charge in [-0.2, -0.15) is 0 Å². The number of pyridine rings is 1. The van der Waals surface area contributed by atoms with Gasteiger partial charge in [-0.05, 0) is 17.7 Å². The molecule has 1 N–H and O–H groups in total. The normalized spacial score (nSPS) is 22.5. The first-order valence-corrected chi connectivity index (χ1v) is 9.28. The summed E-state index contributed by atoms with van der Waals surface area (Å²) in [4.78, 5) is 32.9. The predicted molar refractivity (Wildman–Crippen MR) is 102 cm³/mol. The summed E-state index contributed by atoms with van der Waals surface area (Å²) < 4.78 is 5.04. The van der Waals surface area contributed by atoms with E-state index >= 15 is 0 Å². The zero-order valence-electron chi connectivity index (χ0n) is 15.7. The number of likely N-dealkylation sites (tertiary alicyclic amines) is 2. The molecule has 0 radical (unpaired) electrons. The van der Waals surface area contributed by atoms with Crippen molar-refractivity contribution in [2.75, 3.05) is 33.4 Å². The van der Waals surface area contributed by atoms with E-state index in [-0.39, 0.29) is 37.0 Å². The first-order valence-electron chi connectivity index (χ1n) is 9.28. The fourth-order valence-electron chi connectivity index (χ4n) is 4.69. The third-order valence-electron chi connectivity index (χ3n) is 5.78. The van der Waals surface area contributed by atoms with E-state index in [1.165, 1.54) is 7.11 Å². The van der Waals surface area contributed by atoms with Crippen LogP contribution in [0.15, 0.2) is 54.9 Å². The van der Waals surface area contributed by atoms with Crippen LogP contribution in [0.5, 0.6) is 0 Å². The van der Waals surface area contributed by atoms with Crippen LogP contribution in [-0.2, 0) is 9.53 Å². The highest BCUT2D eigenvalue weighted by Crippen LogP contribution is 2.54. The van der Waals surface area contributed by atoms with E-state index in [0.29, 0.717) is 18.7 Å². The maximum absolute atomic E-state index is 12.8. The zero-order chi connectivity index (χ0) is 19.7. The molecule has 146 valence electrons. The molecule has 1 spiro atoms. The molecule has 7 nitrogen and oxygen atoms in total. The molecule has 0 unspecified atom stereocenters. The molecule has 2 fully saturated rings. The third kappa shape index (κ3) is 2.78. The van der Waals surface area contributed by atoms with Gasteiger partial charge < -0.3 is 19.6 Å². The highest BCUT2D eigenvalue weighted by atomic mass is 16.5. The number of carbonyl (C=O) groups excluding carboxylic acids is 2. The van der Waals surface area contributed by atoms with Gasteiger partial charge in [-0.1, -0.05) is 30.3 Å². The van der Waals surface area contributed by atoms with Crippen LogP contribution in [-0.4, -0.2) is 76.7 Å². The molecule has 2 aromatic rings. The van der Waals surface area contributed by atoms with E-state index in [4.69, 9.17) is 4.74 Å². The largest absolute Gasteiger partial charge is 0.394 e. The molecule has 3 heterocycles. The van der Waals surface area contributed by atoms with E-state index in [9.17, 15) is 14.7 Å². The number of aromatic nitrogens is 1. The van der Waals surface area contributed by atoms with Crippen molar-refractivity contribution in [3.63, 3.8) is 0 Å². The third-order valence-corrected chi connectivity index (χ3v) is 5.78. The Morgan fingerprint density at radius 2 is 1.96 bits per heavy atom. The van der Waals surface area contributed by atoms with Crippen LogP contribution in [0.25, 0.3) is 0 Å². The van der Waals surface area contributed by atoms with Crippen LogP contribution in [0, 0.1) is 0 Å². The highest BCUT2D eigenvalue weighted by Gasteiger charge is 2.68. The summed E-state index contributed by atoms with van der Waals surface area (Å²) >= 11 is 0. The second-order valence-electron chi connectivity index (χ2n) is 7.34. The van der Waals surface area contributed by atoms with Crippen LogP contribution in [0.3, 0.4) is 0 Å². The maximum Gasteiger partial charge on any atom is 0.255 e. The molecule has 0 saturated carbocycles. The van der Waals surface area contributed by atoms with E-state index in [0.717, 1.165) is 5.56 Å². The molecule has 1 aromatic carbocycles. The fraction of sp³-hybridized carbons (Fsp3) is 0.381. The molecule has 1 aromatic heterocycles. The van der Waals surface area contributed by atoms with Crippen molar-refractivity contribution in [2.24, 2.45) is 0 Å². The zero-order valence-corrected chi connectivity index (χ0v) is 15.7. The van der Waals surface area contributed by atoms with Crippen molar-refractivity contribution in [2.45, 2.75) is 17.5 Å². The Hall–Kier alpha value is -2.77. The second-order valence-corrected chi connectivity index (χ2v) is 7.34. The summed E-state index contributed by atoms with van der Waals surface area (Å²) in [7, 11) is 1.48. The van der Waals surface area contributed by atoms with E-state index in [1.54, 1.807) is 34.3 Å². The van der Waals surface area contributed by atoms with Gasteiger partial charge in [-0.15, -0.1) is 0 Å². The van der Waals surface area contributed by atoms with Crippen molar-refractivity contribution in [3.05, 3.63) is 66.0 Å². The standard InChI is InChI=1S/C21H23N3O4/c1-28-12-18(26)24-17(11-25)19(15-6-3-2-4-7-15)21(24)13-23(14-21)20(27)16-8-5-9-22-10-16/h2-10,17,19,25H,11-14H2,1H3/t17-,19-/m1/s1. The van der Waals surface area contributed by atoms with Gasteiger partial charge in [-0.3, -0.25) is 14.6 Å². The summed E-state index contributed by atoms with van der Waals surface area (Å²) in [6, 6.07) is 13.0. The molecule has 2 saturated heterocycles. The Morgan fingerprint density at radius 1 is 1.21 bits per heavy atom. The fourth-order valence-corrected chi connectivity index (χ4v) is 4.69. The molecule has 2 aliphatic heterocycles. The van der Waals surface area contributed by atoms with Crippen LogP contribution in [0.1, 0.15) is 21.8 Å². The summed E-state index contributed by atoms with van der Waals surface area (Å²) in [5.41, 5.74) is 1.08. The van der Waals surface area contributed by atoms with Gasteiger partial charge in [0.05, 0.1) is 23.8 Å². The monoisotopic (exact) mass is 381 g/mol. The lowest BCUT2D eigenvalue weighted by molar-refractivity contribution is -0.196. The first-order chi connectivity index (χ1) is 13.6. The lowest BCUT2D eigenvalue weighted by Gasteiger charge is -2.70. The van der Waals surface area contributed by atoms with Crippen molar-refractivity contribution < 1.29 is 19.4 Å². The van der Waals surface area contributed by atoms with Gasteiger partial charge in [0.25, 0.3) is 5.91 Å². The predicted octanol–water partition coefficient (Wildman–Crippen LogP) is 0.909. The first kappa shape index (κ1) is 18.6. The van der Waals surface area contributed by atoms with Gasteiger partial charge in [0.15, 0.2) is 0 Å². The van der Waals surface area contributed by atoms with Gasteiger partial charge >= 0.3 is 0 Å². The number of hydrogen-bond donors (Lipinski definition) is 1. The average Bonchev–Trinajstić information content (AvgIpc) is 2.68. The highest BCUT2D eigenvalue weighted by molar-refractivity contribution is 5.95. The average molecular weight is 381 g/mol. The lowest BCUT2D eigenvalue weighted by Crippen LogP contribution is -2.86. The summed E-state index contributed by atoms with van der Waals surface area (Å²) in [6.07, 6.45) is 3.18. The maximum atomic E-state index is 12.8. The Kier molecular flexibility index (Phi) is 4.87. The smallest absolute Gasteiger partial charge is 0.255 e. The summed E-state index contributed by atoms with van der Waals surface area (Å²) in [6.45, 7) is 0.669. The molecular weight excluding hydrogens is 358 g/mol. The molecule has 0 aliphatic carbocycles. The number of aliphatic hydroxyl groups excluding tert-OH is 1. The van der Waals surface area contributed by atoms with E-state index < -0.39 is 5.54 Å². The van der Waals surface area contributed by atoms with Gasteiger partial charge in [0.2, 0.25) is 5.91 Å². The second kappa shape index (κ2) is 7.33. The molecule has 2 aliphatic rings. The number of ether oxygens (including phenoxy) is 1. The van der Waals surface area contributed by atoms with Crippen molar-refractivity contribution in [1.29, 1.82) is 0 Å². The molecule has 7 heteroatoms.